The van der Waals surface area contributed by atoms with Gasteiger partial charge in [-0.25, -0.2) is 9.97 Å². The van der Waals surface area contributed by atoms with E-state index in [-0.39, 0.29) is 5.91 Å². The maximum absolute atomic E-state index is 12.7. The van der Waals surface area contributed by atoms with Crippen LogP contribution in [0.1, 0.15) is 9.67 Å². The molecular formula is C25H17N7OS. The number of pyridine rings is 1. The third-order valence-electron chi connectivity index (χ3n) is 5.29. The number of benzene rings is 2. The second-order valence-corrected chi connectivity index (χ2v) is 8.71. The van der Waals surface area contributed by atoms with Crippen LogP contribution in [0.15, 0.2) is 85.5 Å². The number of carbonyl (C=O) groups is 1. The number of amides is 1. The van der Waals surface area contributed by atoms with Gasteiger partial charge in [0, 0.05) is 33.7 Å². The Kier molecular flexibility index (Phi) is 4.93. The topological polar surface area (TPSA) is 108 Å². The lowest BCUT2D eigenvalue weighted by Gasteiger charge is -2.07. The monoisotopic (exact) mass is 463 g/mol. The predicted molar refractivity (Wildman–Crippen MR) is 134 cm³/mol. The van der Waals surface area contributed by atoms with Crippen LogP contribution in [0.4, 0.5) is 17.2 Å². The summed E-state index contributed by atoms with van der Waals surface area (Å²) in [6, 6.07) is 19.2. The van der Waals surface area contributed by atoms with E-state index in [1.54, 1.807) is 30.9 Å². The molecule has 0 aliphatic carbocycles. The Morgan fingerprint density at radius 2 is 1.88 bits per heavy atom. The van der Waals surface area contributed by atoms with Crippen molar-refractivity contribution in [3.63, 3.8) is 0 Å². The zero-order chi connectivity index (χ0) is 22.9. The minimum Gasteiger partial charge on any atom is -0.340 e. The van der Waals surface area contributed by atoms with Crippen molar-refractivity contribution in [1.29, 1.82) is 0 Å². The molecule has 0 atom stereocenters. The molecule has 0 saturated carbocycles. The summed E-state index contributed by atoms with van der Waals surface area (Å²) in [4.78, 5) is 26.4. The number of thiophene rings is 1. The van der Waals surface area contributed by atoms with Crippen LogP contribution in [-0.2, 0) is 0 Å². The molecule has 0 spiro atoms. The number of nitrogens with one attached hydrogen (secondary N) is 3. The third-order valence-corrected chi connectivity index (χ3v) is 6.39. The number of aromatic amines is 1. The quantitative estimate of drug-likeness (QED) is 0.306. The Hall–Kier alpha value is -4.63. The number of hydrogen-bond acceptors (Lipinski definition) is 7. The first-order chi connectivity index (χ1) is 16.7. The van der Waals surface area contributed by atoms with Gasteiger partial charge in [-0.3, -0.25) is 14.9 Å². The molecular weight excluding hydrogens is 446 g/mol. The Labute approximate surface area is 197 Å². The van der Waals surface area contributed by atoms with Gasteiger partial charge in [-0.15, -0.1) is 11.3 Å². The lowest BCUT2D eigenvalue weighted by atomic mass is 10.1. The van der Waals surface area contributed by atoms with Gasteiger partial charge in [0.05, 0.1) is 28.5 Å². The van der Waals surface area contributed by atoms with Gasteiger partial charge in [0.25, 0.3) is 5.91 Å². The van der Waals surface area contributed by atoms with Crippen molar-refractivity contribution in [3.8, 4) is 11.4 Å². The van der Waals surface area contributed by atoms with E-state index in [0.717, 1.165) is 32.2 Å². The normalized spacial score (nSPS) is 11.1. The molecule has 9 heteroatoms. The Morgan fingerprint density at radius 1 is 0.912 bits per heavy atom. The summed E-state index contributed by atoms with van der Waals surface area (Å²) in [6.45, 7) is 0. The molecule has 0 radical (unpaired) electrons. The molecule has 8 nitrogen and oxygen atoms in total. The summed E-state index contributed by atoms with van der Waals surface area (Å²) in [5.74, 6) is 1.13. The smallest absolute Gasteiger partial charge is 0.265 e. The molecule has 0 unspecified atom stereocenters. The van der Waals surface area contributed by atoms with Crippen LogP contribution in [0.25, 0.3) is 32.4 Å². The first kappa shape index (κ1) is 20.0. The highest BCUT2D eigenvalue weighted by molar-refractivity contribution is 7.21. The number of hydrogen-bond donors (Lipinski definition) is 3. The van der Waals surface area contributed by atoms with Crippen molar-refractivity contribution in [3.05, 3.63) is 90.3 Å². The Balaban J connectivity index is 1.25. The van der Waals surface area contributed by atoms with Gasteiger partial charge in [-0.05, 0) is 53.9 Å². The summed E-state index contributed by atoms with van der Waals surface area (Å²) in [7, 11) is 0. The Bertz CT molecular complexity index is 1640. The van der Waals surface area contributed by atoms with Crippen molar-refractivity contribution >= 4 is 55.4 Å². The molecule has 34 heavy (non-hydrogen) atoms. The summed E-state index contributed by atoms with van der Waals surface area (Å²) in [6.07, 6.45) is 6.80. The SMILES string of the molecule is O=C(Nc1cccnc1)c1cc2ccc(-c3nccc(Nc4ccc5[nH]ncc5c4)n3)cc2s1. The largest absolute Gasteiger partial charge is 0.340 e. The first-order valence-corrected chi connectivity index (χ1v) is 11.3. The molecule has 6 aromatic rings. The van der Waals surface area contributed by atoms with E-state index < -0.39 is 0 Å². The Morgan fingerprint density at radius 3 is 2.79 bits per heavy atom. The maximum Gasteiger partial charge on any atom is 0.265 e. The van der Waals surface area contributed by atoms with Crippen LogP contribution in [0.5, 0.6) is 0 Å². The number of H-pyrrole nitrogens is 1. The van der Waals surface area contributed by atoms with E-state index in [9.17, 15) is 4.79 Å². The minimum atomic E-state index is -0.159. The fourth-order valence-corrected chi connectivity index (χ4v) is 4.64. The number of rotatable bonds is 5. The lowest BCUT2D eigenvalue weighted by Crippen LogP contribution is -2.09. The van der Waals surface area contributed by atoms with Gasteiger partial charge in [-0.2, -0.15) is 5.10 Å². The van der Waals surface area contributed by atoms with Gasteiger partial charge in [0.2, 0.25) is 0 Å². The average Bonchev–Trinajstić information content (AvgIpc) is 3.51. The summed E-state index contributed by atoms with van der Waals surface area (Å²) >= 11 is 1.43. The minimum absolute atomic E-state index is 0.159. The van der Waals surface area contributed by atoms with Crippen LogP contribution < -0.4 is 10.6 Å². The third kappa shape index (κ3) is 3.96. The van der Waals surface area contributed by atoms with E-state index in [1.807, 2.05) is 54.6 Å². The number of nitrogens with zero attached hydrogens (tertiary/aromatic N) is 4. The highest BCUT2D eigenvalue weighted by atomic mass is 32.1. The summed E-state index contributed by atoms with van der Waals surface area (Å²) < 4.78 is 0.987. The van der Waals surface area contributed by atoms with Crippen molar-refractivity contribution in [2.75, 3.05) is 10.6 Å². The second-order valence-electron chi connectivity index (χ2n) is 7.62. The van der Waals surface area contributed by atoms with Crippen LogP contribution >= 0.6 is 11.3 Å². The van der Waals surface area contributed by atoms with Gasteiger partial charge in [0.15, 0.2) is 5.82 Å². The molecule has 0 saturated heterocycles. The van der Waals surface area contributed by atoms with E-state index >= 15 is 0 Å². The number of fused-ring (bicyclic) bond motifs is 2. The van der Waals surface area contributed by atoms with Gasteiger partial charge in [0.1, 0.15) is 5.82 Å². The zero-order valence-electron chi connectivity index (χ0n) is 17.7. The first-order valence-electron chi connectivity index (χ1n) is 10.5. The number of anilines is 3. The molecule has 0 bridgehead atoms. The van der Waals surface area contributed by atoms with Crippen LogP contribution in [0, 0.1) is 0 Å². The lowest BCUT2D eigenvalue weighted by molar-refractivity contribution is 0.103. The molecule has 1 amide bonds. The molecule has 3 N–H and O–H groups in total. The number of aromatic nitrogens is 5. The molecule has 164 valence electrons. The van der Waals surface area contributed by atoms with Crippen LogP contribution in [0.3, 0.4) is 0 Å². The molecule has 0 aliphatic rings. The van der Waals surface area contributed by atoms with Crippen molar-refractivity contribution in [2.24, 2.45) is 0 Å². The molecule has 6 rings (SSSR count). The standard InChI is InChI=1S/C25H17N7OS/c33-25(30-19-2-1-8-26-14-19)22-11-15-3-4-16(12-21(15)34-22)24-27-9-7-23(31-24)29-18-5-6-20-17(10-18)13-28-32-20/h1-14H,(H,28,32)(H,30,33)(H,27,29,31). The fourth-order valence-electron chi connectivity index (χ4n) is 3.65. The molecule has 0 aliphatic heterocycles. The van der Waals surface area contributed by atoms with Crippen molar-refractivity contribution < 1.29 is 4.79 Å². The van der Waals surface area contributed by atoms with E-state index in [0.29, 0.717) is 22.2 Å². The molecule has 0 fully saturated rings. The predicted octanol–water partition coefficient (Wildman–Crippen LogP) is 5.63. The van der Waals surface area contributed by atoms with E-state index in [2.05, 4.69) is 35.8 Å². The summed E-state index contributed by atoms with van der Waals surface area (Å²) in [5.41, 5.74) is 3.43. The highest BCUT2D eigenvalue weighted by Gasteiger charge is 2.12. The number of carbonyl (C=O) groups excluding carboxylic acids is 1. The van der Waals surface area contributed by atoms with Gasteiger partial charge in [-0.1, -0.05) is 12.1 Å². The van der Waals surface area contributed by atoms with Crippen LogP contribution in [-0.4, -0.2) is 31.1 Å². The summed E-state index contributed by atoms with van der Waals surface area (Å²) in [5, 5.41) is 15.2. The van der Waals surface area contributed by atoms with E-state index in [1.165, 1.54) is 11.3 Å². The van der Waals surface area contributed by atoms with Crippen molar-refractivity contribution in [2.45, 2.75) is 0 Å². The highest BCUT2D eigenvalue weighted by Crippen LogP contribution is 2.30. The molecule has 4 heterocycles. The molecule has 2 aromatic carbocycles. The van der Waals surface area contributed by atoms with Crippen molar-refractivity contribution in [1.82, 2.24) is 25.1 Å². The average molecular weight is 464 g/mol. The fraction of sp³-hybridized carbons (Fsp3) is 0. The molecule has 4 aromatic heterocycles. The van der Waals surface area contributed by atoms with Gasteiger partial charge >= 0.3 is 0 Å². The maximum atomic E-state index is 12.7. The van der Waals surface area contributed by atoms with Gasteiger partial charge < -0.3 is 10.6 Å². The van der Waals surface area contributed by atoms with Crippen LogP contribution in [0.2, 0.25) is 0 Å². The zero-order valence-corrected chi connectivity index (χ0v) is 18.5. The van der Waals surface area contributed by atoms with E-state index in [4.69, 9.17) is 0 Å². The second kappa shape index (κ2) is 8.38.